The lowest BCUT2D eigenvalue weighted by Crippen LogP contribution is -2.23. The Kier molecular flexibility index (Phi) is 11.3. The summed E-state index contributed by atoms with van der Waals surface area (Å²) in [5.41, 5.74) is 3.25. The smallest absolute Gasteiger partial charge is 0.307 e. The van der Waals surface area contributed by atoms with Crippen LogP contribution in [0.2, 0.25) is 0 Å². The summed E-state index contributed by atoms with van der Waals surface area (Å²) in [5.74, 6) is 1.41. The van der Waals surface area contributed by atoms with E-state index in [0.717, 1.165) is 35.6 Å². The van der Waals surface area contributed by atoms with Gasteiger partial charge in [-0.2, -0.15) is 5.10 Å². The van der Waals surface area contributed by atoms with Crippen molar-refractivity contribution in [2.75, 3.05) is 10.6 Å². The summed E-state index contributed by atoms with van der Waals surface area (Å²) in [5, 5.41) is 10.5. The molecule has 32 heavy (non-hydrogen) atoms. The van der Waals surface area contributed by atoms with Gasteiger partial charge in [0.15, 0.2) is 0 Å². The van der Waals surface area contributed by atoms with Crippen LogP contribution >= 0.6 is 0 Å². The number of para-hydroxylation sites is 1. The zero-order valence-electron chi connectivity index (χ0n) is 20.9. The predicted octanol–water partition coefficient (Wildman–Crippen LogP) is 8.30. The van der Waals surface area contributed by atoms with Gasteiger partial charge in [-0.15, -0.1) is 0 Å². The molecule has 0 unspecified atom stereocenters. The molecule has 1 aromatic carbocycles. The van der Waals surface area contributed by atoms with E-state index in [1.54, 1.807) is 6.20 Å². The number of carbonyl (C=O) groups excluding carboxylic acids is 1. The van der Waals surface area contributed by atoms with Crippen molar-refractivity contribution in [2.45, 2.75) is 111 Å². The van der Waals surface area contributed by atoms with E-state index in [2.05, 4.69) is 68.6 Å². The Morgan fingerprint density at radius 2 is 1.41 bits per heavy atom. The summed E-state index contributed by atoms with van der Waals surface area (Å²) < 4.78 is 1.90. The average molecular weight is 441 g/mol. The van der Waals surface area contributed by atoms with Crippen molar-refractivity contribution in [3.8, 4) is 0 Å². The van der Waals surface area contributed by atoms with E-state index < -0.39 is 0 Å². The van der Waals surface area contributed by atoms with E-state index in [9.17, 15) is 4.79 Å². The van der Waals surface area contributed by atoms with Gasteiger partial charge in [-0.05, 0) is 29.4 Å². The lowest BCUT2D eigenvalue weighted by Gasteiger charge is -2.20. The number of amides is 2. The fraction of sp³-hybridized carbons (Fsp3) is 0.630. The molecular formula is C27H44N4O. The van der Waals surface area contributed by atoms with Gasteiger partial charge in [-0.1, -0.05) is 104 Å². The number of anilines is 2. The molecule has 0 saturated heterocycles. The number of aryl methyl sites for hydroxylation is 1. The van der Waals surface area contributed by atoms with Crippen molar-refractivity contribution in [1.29, 1.82) is 0 Å². The maximum Gasteiger partial charge on any atom is 0.324 e. The molecule has 0 spiro atoms. The molecule has 0 radical (unpaired) electrons. The molecule has 0 aliphatic rings. The Morgan fingerprint density at radius 1 is 0.844 bits per heavy atom. The maximum atomic E-state index is 12.8. The molecule has 0 bridgehead atoms. The van der Waals surface area contributed by atoms with Crippen LogP contribution in [0.3, 0.4) is 0 Å². The third kappa shape index (κ3) is 8.33. The first-order valence-corrected chi connectivity index (χ1v) is 12.7. The van der Waals surface area contributed by atoms with Crippen molar-refractivity contribution >= 4 is 17.5 Å². The molecular weight excluding hydrogens is 396 g/mol. The molecule has 0 fully saturated rings. The van der Waals surface area contributed by atoms with Gasteiger partial charge >= 0.3 is 6.03 Å². The average Bonchev–Trinajstić information content (AvgIpc) is 3.19. The molecule has 1 heterocycles. The number of rotatable bonds is 14. The number of unbranched alkanes of at least 4 members (excludes halogenated alkanes) is 8. The summed E-state index contributed by atoms with van der Waals surface area (Å²) >= 11 is 0. The van der Waals surface area contributed by atoms with E-state index >= 15 is 0 Å². The fourth-order valence-corrected chi connectivity index (χ4v) is 4.15. The number of nitrogens with zero attached hydrogens (tertiary/aromatic N) is 2. The molecule has 2 aromatic rings. The van der Waals surface area contributed by atoms with Crippen LogP contribution in [0.25, 0.3) is 0 Å². The van der Waals surface area contributed by atoms with E-state index in [-0.39, 0.29) is 6.03 Å². The SMILES string of the molecule is CCCCCCCCCCCn1nccc1NC(=O)Nc1c(C(C)C)cccc1C(C)C. The Labute approximate surface area is 195 Å². The molecule has 5 nitrogen and oxygen atoms in total. The number of urea groups is 1. The standard InChI is InChI=1S/C27H44N4O/c1-6-7-8-9-10-11-12-13-14-20-31-25(18-19-28-31)29-27(32)30-26-23(21(2)3)16-15-17-24(26)22(4)5/h15-19,21-22H,6-14,20H2,1-5H3,(H2,29,30,32). The van der Waals surface area contributed by atoms with Gasteiger partial charge < -0.3 is 5.32 Å². The summed E-state index contributed by atoms with van der Waals surface area (Å²) in [4.78, 5) is 12.8. The first kappa shape index (κ1) is 26.0. The molecule has 5 heteroatoms. The molecule has 2 N–H and O–H groups in total. The predicted molar refractivity (Wildman–Crippen MR) is 137 cm³/mol. The fourth-order valence-electron chi connectivity index (χ4n) is 4.15. The number of carbonyl (C=O) groups is 1. The Morgan fingerprint density at radius 3 is 1.97 bits per heavy atom. The summed E-state index contributed by atoms with van der Waals surface area (Å²) in [6.07, 6.45) is 13.4. The topological polar surface area (TPSA) is 59.0 Å². The minimum absolute atomic E-state index is 0.214. The number of benzene rings is 1. The first-order chi connectivity index (χ1) is 15.4. The van der Waals surface area contributed by atoms with Gasteiger partial charge in [0.05, 0.1) is 6.20 Å². The van der Waals surface area contributed by atoms with Crippen molar-refractivity contribution in [2.24, 2.45) is 0 Å². The second kappa shape index (κ2) is 14.0. The van der Waals surface area contributed by atoms with Crippen LogP contribution in [-0.2, 0) is 6.54 Å². The lowest BCUT2D eigenvalue weighted by molar-refractivity contribution is 0.262. The van der Waals surface area contributed by atoms with E-state index in [1.165, 1.54) is 51.4 Å². The minimum Gasteiger partial charge on any atom is -0.307 e. The second-order valence-electron chi connectivity index (χ2n) is 9.47. The molecule has 0 aliphatic carbocycles. The second-order valence-corrected chi connectivity index (χ2v) is 9.47. The zero-order valence-corrected chi connectivity index (χ0v) is 20.9. The maximum absolute atomic E-state index is 12.8. The van der Waals surface area contributed by atoms with Crippen molar-refractivity contribution in [3.63, 3.8) is 0 Å². The first-order valence-electron chi connectivity index (χ1n) is 12.7. The summed E-state index contributed by atoms with van der Waals surface area (Å²) in [6.45, 7) is 11.7. The van der Waals surface area contributed by atoms with Crippen LogP contribution in [-0.4, -0.2) is 15.8 Å². The largest absolute Gasteiger partial charge is 0.324 e. The highest BCUT2D eigenvalue weighted by Gasteiger charge is 2.16. The van der Waals surface area contributed by atoms with Crippen LogP contribution in [0.4, 0.5) is 16.3 Å². The van der Waals surface area contributed by atoms with Crippen molar-refractivity contribution < 1.29 is 4.79 Å². The number of hydrogen-bond donors (Lipinski definition) is 2. The quantitative estimate of drug-likeness (QED) is 0.290. The number of hydrogen-bond acceptors (Lipinski definition) is 2. The Hall–Kier alpha value is -2.30. The number of nitrogens with one attached hydrogen (secondary N) is 2. The molecule has 0 atom stereocenters. The van der Waals surface area contributed by atoms with Crippen LogP contribution in [0.1, 0.15) is 115 Å². The highest BCUT2D eigenvalue weighted by Crippen LogP contribution is 2.32. The normalized spacial score (nSPS) is 11.3. The molecule has 0 aliphatic heterocycles. The molecule has 178 valence electrons. The Balaban J connectivity index is 1.85. The summed E-state index contributed by atoms with van der Waals surface area (Å²) in [7, 11) is 0. The third-order valence-corrected chi connectivity index (χ3v) is 6.04. The van der Waals surface area contributed by atoms with Crippen molar-refractivity contribution in [3.05, 3.63) is 41.6 Å². The Bertz CT molecular complexity index is 783. The lowest BCUT2D eigenvalue weighted by atomic mass is 9.93. The van der Waals surface area contributed by atoms with E-state index in [1.807, 2.05) is 10.7 Å². The molecule has 1 aromatic heterocycles. The molecule has 0 saturated carbocycles. The van der Waals surface area contributed by atoms with Gasteiger partial charge in [0.1, 0.15) is 5.82 Å². The summed E-state index contributed by atoms with van der Waals surface area (Å²) in [6, 6.07) is 7.92. The van der Waals surface area contributed by atoms with Gasteiger partial charge in [0.2, 0.25) is 0 Å². The van der Waals surface area contributed by atoms with Crippen LogP contribution in [0.15, 0.2) is 30.5 Å². The monoisotopic (exact) mass is 440 g/mol. The van der Waals surface area contributed by atoms with E-state index in [4.69, 9.17) is 0 Å². The molecule has 2 amide bonds. The minimum atomic E-state index is -0.214. The van der Waals surface area contributed by atoms with Crippen LogP contribution in [0.5, 0.6) is 0 Å². The van der Waals surface area contributed by atoms with E-state index in [0.29, 0.717) is 11.8 Å². The molecule has 2 rings (SSSR count). The van der Waals surface area contributed by atoms with Gasteiger partial charge in [-0.25, -0.2) is 9.48 Å². The van der Waals surface area contributed by atoms with Gasteiger partial charge in [0.25, 0.3) is 0 Å². The van der Waals surface area contributed by atoms with Gasteiger partial charge in [-0.3, -0.25) is 5.32 Å². The third-order valence-electron chi connectivity index (χ3n) is 6.04. The van der Waals surface area contributed by atoms with Crippen LogP contribution in [0, 0.1) is 0 Å². The number of aromatic nitrogens is 2. The van der Waals surface area contributed by atoms with Crippen molar-refractivity contribution in [1.82, 2.24) is 9.78 Å². The highest BCUT2D eigenvalue weighted by atomic mass is 16.2. The zero-order chi connectivity index (χ0) is 23.3. The van der Waals surface area contributed by atoms with Crippen LogP contribution < -0.4 is 10.6 Å². The van der Waals surface area contributed by atoms with Gasteiger partial charge in [0, 0.05) is 18.3 Å². The highest BCUT2D eigenvalue weighted by molar-refractivity contribution is 6.00.